The minimum absolute atomic E-state index is 0.164. The van der Waals surface area contributed by atoms with Gasteiger partial charge in [0, 0.05) is 10.6 Å². The van der Waals surface area contributed by atoms with Crippen LogP contribution in [0.4, 0.5) is 11.5 Å². The molecule has 0 saturated heterocycles. The molecule has 3 aromatic rings. The summed E-state index contributed by atoms with van der Waals surface area (Å²) in [4.78, 5) is 22.5. The van der Waals surface area contributed by atoms with Gasteiger partial charge in [-0.1, -0.05) is 12.1 Å². The van der Waals surface area contributed by atoms with Crippen molar-refractivity contribution in [2.45, 2.75) is 32.6 Å². The topological polar surface area (TPSA) is 77.9 Å². The summed E-state index contributed by atoms with van der Waals surface area (Å²) in [5.41, 5.74) is 2.34. The first-order valence-corrected chi connectivity index (χ1v) is 8.81. The first-order valence-electron chi connectivity index (χ1n) is 7.99. The standard InChI is InChI=1S/C18H17N3O2S/c1-10-19-16(21-12-8-6-11(7-9-12)18(22)23)15-13-4-2-3-5-14(13)24-17(15)20-10/h6-9H,2-5H2,1H3,(H,22,23)(H,19,20,21)/p-1. The van der Waals surface area contributed by atoms with E-state index in [4.69, 9.17) is 0 Å². The van der Waals surface area contributed by atoms with Gasteiger partial charge in [-0.3, -0.25) is 0 Å². The maximum atomic E-state index is 10.9. The molecule has 0 aliphatic heterocycles. The second kappa shape index (κ2) is 5.87. The molecule has 1 aliphatic carbocycles. The molecular weight excluding hydrogens is 322 g/mol. The third-order valence-electron chi connectivity index (χ3n) is 4.31. The normalized spacial score (nSPS) is 13.7. The Morgan fingerprint density at radius 1 is 1.17 bits per heavy atom. The highest BCUT2D eigenvalue weighted by Crippen LogP contribution is 2.39. The zero-order valence-electron chi connectivity index (χ0n) is 13.3. The molecule has 122 valence electrons. The average Bonchev–Trinajstić information content (AvgIpc) is 2.93. The molecule has 5 nitrogen and oxygen atoms in total. The summed E-state index contributed by atoms with van der Waals surface area (Å²) in [6.07, 6.45) is 4.63. The maximum Gasteiger partial charge on any atom is 0.143 e. The number of nitrogens with one attached hydrogen (secondary N) is 1. The second-order valence-electron chi connectivity index (χ2n) is 6.00. The van der Waals surface area contributed by atoms with E-state index in [2.05, 4.69) is 15.3 Å². The molecule has 0 amide bonds. The second-order valence-corrected chi connectivity index (χ2v) is 7.08. The van der Waals surface area contributed by atoms with E-state index in [0.717, 1.165) is 40.4 Å². The van der Waals surface area contributed by atoms with Gasteiger partial charge >= 0.3 is 0 Å². The highest BCUT2D eigenvalue weighted by molar-refractivity contribution is 7.19. The molecule has 6 heteroatoms. The number of thiophene rings is 1. The molecule has 1 aliphatic rings. The number of hydrogen-bond acceptors (Lipinski definition) is 6. The van der Waals surface area contributed by atoms with Crippen LogP contribution in [0.2, 0.25) is 0 Å². The van der Waals surface area contributed by atoms with E-state index in [1.54, 1.807) is 23.5 Å². The van der Waals surface area contributed by atoms with E-state index < -0.39 is 5.97 Å². The lowest BCUT2D eigenvalue weighted by Gasteiger charge is -2.13. The SMILES string of the molecule is Cc1nc(Nc2ccc(C(=O)[O-])cc2)c2c3c(sc2n1)CCCC3. The lowest BCUT2D eigenvalue weighted by atomic mass is 9.97. The number of benzene rings is 1. The summed E-state index contributed by atoms with van der Waals surface area (Å²) in [5.74, 6) is 0.363. The molecule has 0 atom stereocenters. The molecule has 24 heavy (non-hydrogen) atoms. The Hall–Kier alpha value is -2.47. The van der Waals surface area contributed by atoms with E-state index in [1.165, 1.54) is 35.4 Å². The quantitative estimate of drug-likeness (QED) is 0.794. The summed E-state index contributed by atoms with van der Waals surface area (Å²) in [7, 11) is 0. The fraction of sp³-hybridized carbons (Fsp3) is 0.278. The summed E-state index contributed by atoms with van der Waals surface area (Å²) in [6, 6.07) is 6.53. The lowest BCUT2D eigenvalue weighted by Crippen LogP contribution is -2.21. The van der Waals surface area contributed by atoms with E-state index in [0.29, 0.717) is 0 Å². The van der Waals surface area contributed by atoms with Crippen LogP contribution in [0.3, 0.4) is 0 Å². The molecule has 1 aromatic carbocycles. The maximum absolute atomic E-state index is 10.9. The Morgan fingerprint density at radius 2 is 1.92 bits per heavy atom. The Morgan fingerprint density at radius 3 is 2.67 bits per heavy atom. The summed E-state index contributed by atoms with van der Waals surface area (Å²) in [5, 5.41) is 15.3. The fourth-order valence-corrected chi connectivity index (χ4v) is 4.49. The van der Waals surface area contributed by atoms with Crippen LogP contribution in [-0.2, 0) is 12.8 Å². The number of carboxylic acids is 1. The Labute approximate surface area is 143 Å². The monoisotopic (exact) mass is 338 g/mol. The van der Waals surface area contributed by atoms with E-state index in [9.17, 15) is 9.90 Å². The minimum Gasteiger partial charge on any atom is -0.545 e. The van der Waals surface area contributed by atoms with Crippen LogP contribution in [0, 0.1) is 6.92 Å². The van der Waals surface area contributed by atoms with Crippen molar-refractivity contribution in [3.63, 3.8) is 0 Å². The first kappa shape index (κ1) is 15.1. The lowest BCUT2D eigenvalue weighted by molar-refractivity contribution is -0.255. The van der Waals surface area contributed by atoms with Crippen LogP contribution in [0.5, 0.6) is 0 Å². The zero-order chi connectivity index (χ0) is 16.7. The van der Waals surface area contributed by atoms with Crippen LogP contribution in [-0.4, -0.2) is 15.9 Å². The number of carbonyl (C=O) groups excluding carboxylic acids is 1. The van der Waals surface area contributed by atoms with Crippen molar-refractivity contribution in [3.8, 4) is 0 Å². The van der Waals surface area contributed by atoms with Crippen molar-refractivity contribution in [3.05, 3.63) is 46.1 Å². The molecule has 2 aromatic heterocycles. The number of aromatic carboxylic acids is 1. The molecule has 0 spiro atoms. The number of anilines is 2. The number of aromatic nitrogens is 2. The van der Waals surface area contributed by atoms with Gasteiger partial charge in [0.05, 0.1) is 11.4 Å². The van der Waals surface area contributed by atoms with Gasteiger partial charge < -0.3 is 15.2 Å². The van der Waals surface area contributed by atoms with Crippen molar-refractivity contribution in [2.75, 3.05) is 5.32 Å². The van der Waals surface area contributed by atoms with E-state index in [1.807, 2.05) is 6.92 Å². The van der Waals surface area contributed by atoms with Gasteiger partial charge in [-0.2, -0.15) is 0 Å². The van der Waals surface area contributed by atoms with E-state index in [-0.39, 0.29) is 5.56 Å². The number of carbonyl (C=O) groups is 1. The average molecular weight is 338 g/mol. The molecule has 0 fully saturated rings. The van der Waals surface area contributed by atoms with Crippen molar-refractivity contribution in [1.29, 1.82) is 0 Å². The first-order chi connectivity index (χ1) is 11.6. The summed E-state index contributed by atoms with van der Waals surface area (Å²) in [6.45, 7) is 1.89. The van der Waals surface area contributed by atoms with Crippen molar-refractivity contribution in [1.82, 2.24) is 9.97 Å². The van der Waals surface area contributed by atoms with Gasteiger partial charge in [-0.25, -0.2) is 9.97 Å². The molecule has 0 unspecified atom stereocenters. The Balaban J connectivity index is 1.78. The van der Waals surface area contributed by atoms with Gasteiger partial charge in [0.15, 0.2) is 0 Å². The molecule has 1 N–H and O–H groups in total. The van der Waals surface area contributed by atoms with Crippen LogP contribution in [0.25, 0.3) is 10.2 Å². The summed E-state index contributed by atoms with van der Waals surface area (Å²) >= 11 is 1.77. The Bertz CT molecular complexity index is 932. The van der Waals surface area contributed by atoms with Crippen molar-refractivity contribution < 1.29 is 9.90 Å². The number of fused-ring (bicyclic) bond motifs is 3. The molecule has 2 heterocycles. The number of hydrogen-bond donors (Lipinski definition) is 1. The van der Waals surface area contributed by atoms with E-state index >= 15 is 0 Å². The van der Waals surface area contributed by atoms with Gasteiger partial charge in [-0.05, 0) is 55.9 Å². The van der Waals surface area contributed by atoms with Crippen LogP contribution < -0.4 is 10.4 Å². The van der Waals surface area contributed by atoms with Crippen molar-refractivity contribution in [2.24, 2.45) is 0 Å². The van der Waals surface area contributed by atoms with Gasteiger partial charge in [0.2, 0.25) is 0 Å². The number of aryl methyl sites for hydroxylation is 3. The predicted octanol–water partition coefficient (Wildman–Crippen LogP) is 2.99. The third kappa shape index (κ3) is 2.63. The fourth-order valence-electron chi connectivity index (χ4n) is 3.18. The van der Waals surface area contributed by atoms with Crippen LogP contribution in [0.15, 0.2) is 24.3 Å². The Kier molecular flexibility index (Phi) is 3.69. The zero-order valence-corrected chi connectivity index (χ0v) is 14.1. The number of nitrogens with zero attached hydrogens (tertiary/aromatic N) is 2. The molecule has 0 bridgehead atoms. The molecule has 4 rings (SSSR count). The number of carboxylic acid groups (broad SMARTS) is 1. The predicted molar refractivity (Wildman–Crippen MR) is 92.8 cm³/mol. The van der Waals surface area contributed by atoms with Gasteiger partial charge in [0.25, 0.3) is 0 Å². The van der Waals surface area contributed by atoms with Crippen molar-refractivity contribution >= 4 is 39.0 Å². The summed E-state index contributed by atoms with van der Waals surface area (Å²) < 4.78 is 0. The van der Waals surface area contributed by atoms with Crippen LogP contribution >= 0.6 is 11.3 Å². The van der Waals surface area contributed by atoms with Crippen LogP contribution in [0.1, 0.15) is 39.5 Å². The number of rotatable bonds is 3. The highest BCUT2D eigenvalue weighted by atomic mass is 32.1. The highest BCUT2D eigenvalue weighted by Gasteiger charge is 2.20. The minimum atomic E-state index is -1.17. The van der Waals surface area contributed by atoms with Gasteiger partial charge in [-0.15, -0.1) is 11.3 Å². The molecule has 0 saturated carbocycles. The van der Waals surface area contributed by atoms with Gasteiger partial charge in [0.1, 0.15) is 16.5 Å². The smallest absolute Gasteiger partial charge is 0.143 e. The third-order valence-corrected chi connectivity index (χ3v) is 5.50. The molecule has 0 radical (unpaired) electrons. The largest absolute Gasteiger partial charge is 0.545 e. The molecular formula is C18H16N3O2S-.